The number of carbonyl (C=O) groups excluding carboxylic acids is 2. The quantitative estimate of drug-likeness (QED) is 0.304. The first-order chi connectivity index (χ1) is 16.3. The largest absolute Gasteiger partial charge is 0.494 e. The number of imide groups is 1. The van der Waals surface area contributed by atoms with Crippen molar-refractivity contribution in [2.75, 3.05) is 16.8 Å². The predicted molar refractivity (Wildman–Crippen MR) is 130 cm³/mol. The summed E-state index contributed by atoms with van der Waals surface area (Å²) in [6.07, 6.45) is 0. The summed E-state index contributed by atoms with van der Waals surface area (Å²) in [6.45, 7) is 6.18. The third kappa shape index (κ3) is 4.13. The molecule has 0 bridgehead atoms. The number of hydrogen-bond donors (Lipinski definition) is 1. The Morgan fingerprint density at radius 1 is 0.941 bits per heavy atom. The smallest absolute Gasteiger partial charge is 0.282 e. The molecule has 0 saturated carbocycles. The predicted octanol–water partition coefficient (Wildman–Crippen LogP) is 5.01. The first-order valence-electron chi connectivity index (χ1n) is 10.8. The number of rotatable bonds is 7. The lowest BCUT2D eigenvalue weighted by atomic mass is 10.0. The molecule has 8 nitrogen and oxygen atoms in total. The maximum Gasteiger partial charge on any atom is 0.282 e. The average Bonchev–Trinajstić information content (AvgIpc) is 3.06. The van der Waals surface area contributed by atoms with E-state index in [9.17, 15) is 19.7 Å². The highest BCUT2D eigenvalue weighted by atomic mass is 16.6. The second-order valence-corrected chi connectivity index (χ2v) is 7.80. The molecule has 4 rings (SSSR count). The number of anilines is 2. The Hall–Kier alpha value is -4.46. The number of carbonyl (C=O) groups is 2. The topological polar surface area (TPSA) is 102 Å². The van der Waals surface area contributed by atoms with Crippen molar-refractivity contribution in [1.29, 1.82) is 0 Å². The minimum absolute atomic E-state index is 0.101. The fourth-order valence-electron chi connectivity index (χ4n) is 3.81. The summed E-state index contributed by atoms with van der Waals surface area (Å²) in [5.74, 6) is -0.314. The Morgan fingerprint density at radius 2 is 1.62 bits per heavy atom. The van der Waals surface area contributed by atoms with Crippen LogP contribution in [-0.4, -0.2) is 23.3 Å². The van der Waals surface area contributed by atoms with Gasteiger partial charge < -0.3 is 10.1 Å². The lowest BCUT2D eigenvalue weighted by molar-refractivity contribution is -0.384. The Labute approximate surface area is 196 Å². The van der Waals surface area contributed by atoms with E-state index in [0.29, 0.717) is 29.3 Å². The number of nitrogens with one attached hydrogen (secondary N) is 1. The second kappa shape index (κ2) is 9.19. The van der Waals surface area contributed by atoms with Gasteiger partial charge in [-0.2, -0.15) is 0 Å². The standard InChI is InChI=1S/C26H23N3O5/c1-4-34-21-14-10-19(11-15-21)27-24-23(18-8-12-20(13-9-18)29(32)33)25(30)28(26(24)31)22-7-5-6-16(2)17(22)3/h5-15,27H,4H2,1-3H3. The van der Waals surface area contributed by atoms with Gasteiger partial charge in [-0.1, -0.05) is 12.1 Å². The van der Waals surface area contributed by atoms with E-state index >= 15 is 0 Å². The number of nitro benzene ring substituents is 1. The number of nitrogens with zero attached hydrogens (tertiary/aromatic N) is 2. The number of non-ortho nitro benzene ring substituents is 1. The monoisotopic (exact) mass is 457 g/mol. The molecule has 1 aliphatic rings. The molecule has 2 amide bonds. The molecule has 0 unspecified atom stereocenters. The van der Waals surface area contributed by atoms with Crippen LogP contribution in [0.15, 0.2) is 72.4 Å². The molecule has 0 radical (unpaired) electrons. The van der Waals surface area contributed by atoms with E-state index in [1.807, 2.05) is 26.8 Å². The van der Waals surface area contributed by atoms with Gasteiger partial charge in [0.05, 0.1) is 22.8 Å². The number of nitro groups is 1. The van der Waals surface area contributed by atoms with Crippen LogP contribution in [0.5, 0.6) is 5.75 Å². The number of amides is 2. The molecule has 0 aromatic heterocycles. The molecule has 0 aliphatic carbocycles. The molecule has 0 atom stereocenters. The lowest BCUT2D eigenvalue weighted by Gasteiger charge is -2.19. The summed E-state index contributed by atoms with van der Waals surface area (Å²) >= 11 is 0. The van der Waals surface area contributed by atoms with Gasteiger partial charge >= 0.3 is 0 Å². The molecule has 3 aromatic carbocycles. The summed E-state index contributed by atoms with van der Waals surface area (Å²) < 4.78 is 5.47. The maximum absolute atomic E-state index is 13.6. The molecule has 0 spiro atoms. The molecule has 0 saturated heterocycles. The van der Waals surface area contributed by atoms with Crippen LogP contribution in [-0.2, 0) is 9.59 Å². The van der Waals surface area contributed by atoms with Crippen molar-refractivity contribution in [3.05, 3.63) is 99.2 Å². The summed E-state index contributed by atoms with van der Waals surface area (Å²) in [7, 11) is 0. The van der Waals surface area contributed by atoms with Crippen molar-refractivity contribution in [2.45, 2.75) is 20.8 Å². The van der Waals surface area contributed by atoms with Crippen LogP contribution in [0.25, 0.3) is 5.57 Å². The summed E-state index contributed by atoms with van der Waals surface area (Å²) in [6, 6.07) is 18.1. The van der Waals surface area contributed by atoms with Gasteiger partial charge in [0.15, 0.2) is 0 Å². The minimum Gasteiger partial charge on any atom is -0.494 e. The van der Waals surface area contributed by atoms with E-state index in [1.165, 1.54) is 24.3 Å². The normalized spacial score (nSPS) is 13.4. The zero-order chi connectivity index (χ0) is 24.4. The van der Waals surface area contributed by atoms with Crippen molar-refractivity contribution in [3.63, 3.8) is 0 Å². The Bertz CT molecular complexity index is 1310. The zero-order valence-corrected chi connectivity index (χ0v) is 19.0. The number of benzene rings is 3. The van der Waals surface area contributed by atoms with E-state index in [-0.39, 0.29) is 17.0 Å². The molecule has 1 N–H and O–H groups in total. The first kappa shape index (κ1) is 22.7. The van der Waals surface area contributed by atoms with Gasteiger partial charge in [0.2, 0.25) is 0 Å². The average molecular weight is 457 g/mol. The van der Waals surface area contributed by atoms with Crippen LogP contribution in [0.4, 0.5) is 17.1 Å². The molecular weight excluding hydrogens is 434 g/mol. The number of aryl methyl sites for hydroxylation is 1. The van der Waals surface area contributed by atoms with Gasteiger partial charge in [-0.05, 0) is 79.9 Å². The number of hydrogen-bond acceptors (Lipinski definition) is 6. The molecule has 0 fully saturated rings. The minimum atomic E-state index is -0.513. The van der Waals surface area contributed by atoms with Crippen LogP contribution in [0.1, 0.15) is 23.6 Å². The number of ether oxygens (including phenoxy) is 1. The van der Waals surface area contributed by atoms with Crippen LogP contribution in [0.2, 0.25) is 0 Å². The summed E-state index contributed by atoms with van der Waals surface area (Å²) in [5.41, 5.74) is 3.41. The van der Waals surface area contributed by atoms with Crippen LogP contribution >= 0.6 is 0 Å². The highest BCUT2D eigenvalue weighted by Crippen LogP contribution is 2.36. The third-order valence-electron chi connectivity index (χ3n) is 5.70. The Morgan fingerprint density at radius 3 is 2.24 bits per heavy atom. The van der Waals surface area contributed by atoms with Crippen molar-refractivity contribution in [3.8, 4) is 5.75 Å². The molecule has 34 heavy (non-hydrogen) atoms. The van der Waals surface area contributed by atoms with Crippen LogP contribution < -0.4 is 15.0 Å². The third-order valence-corrected chi connectivity index (χ3v) is 5.70. The lowest BCUT2D eigenvalue weighted by Crippen LogP contribution is -2.33. The molecule has 172 valence electrons. The fourth-order valence-corrected chi connectivity index (χ4v) is 3.81. The molecule has 1 aliphatic heterocycles. The molecule has 3 aromatic rings. The Balaban J connectivity index is 1.80. The van der Waals surface area contributed by atoms with Crippen LogP contribution in [0, 0.1) is 24.0 Å². The van der Waals surface area contributed by atoms with E-state index in [4.69, 9.17) is 4.74 Å². The van der Waals surface area contributed by atoms with Gasteiger partial charge in [0.1, 0.15) is 11.4 Å². The first-order valence-corrected chi connectivity index (χ1v) is 10.8. The molecule has 1 heterocycles. The SMILES string of the molecule is CCOc1ccc(NC2=C(c3ccc([N+](=O)[O-])cc3)C(=O)N(c3cccc(C)c3C)C2=O)cc1. The van der Waals surface area contributed by atoms with Gasteiger partial charge in [-0.25, -0.2) is 4.90 Å². The van der Waals surface area contributed by atoms with E-state index in [1.54, 1.807) is 36.4 Å². The maximum atomic E-state index is 13.6. The highest BCUT2D eigenvalue weighted by Gasteiger charge is 2.41. The van der Waals surface area contributed by atoms with Gasteiger partial charge in [0.25, 0.3) is 17.5 Å². The molecule has 8 heteroatoms. The van der Waals surface area contributed by atoms with Crippen molar-refractivity contribution < 1.29 is 19.2 Å². The summed E-state index contributed by atoms with van der Waals surface area (Å²) in [5, 5.41) is 14.2. The van der Waals surface area contributed by atoms with Crippen molar-refractivity contribution in [2.24, 2.45) is 0 Å². The van der Waals surface area contributed by atoms with E-state index in [2.05, 4.69) is 5.32 Å². The van der Waals surface area contributed by atoms with E-state index in [0.717, 1.165) is 16.0 Å². The van der Waals surface area contributed by atoms with Gasteiger partial charge in [-0.15, -0.1) is 0 Å². The van der Waals surface area contributed by atoms with E-state index < -0.39 is 16.7 Å². The van der Waals surface area contributed by atoms with Crippen LogP contribution in [0.3, 0.4) is 0 Å². The summed E-state index contributed by atoms with van der Waals surface area (Å²) in [4.78, 5) is 38.9. The Kier molecular flexibility index (Phi) is 6.14. The van der Waals surface area contributed by atoms with Crippen molar-refractivity contribution in [1.82, 2.24) is 0 Å². The van der Waals surface area contributed by atoms with Gasteiger partial charge in [0, 0.05) is 17.8 Å². The zero-order valence-electron chi connectivity index (χ0n) is 19.0. The highest BCUT2D eigenvalue weighted by molar-refractivity contribution is 6.46. The van der Waals surface area contributed by atoms with Crippen molar-refractivity contribution >= 4 is 34.4 Å². The van der Waals surface area contributed by atoms with Gasteiger partial charge in [-0.3, -0.25) is 19.7 Å². The fraction of sp³-hybridized carbons (Fsp3) is 0.154. The molecular formula is C26H23N3O5. The second-order valence-electron chi connectivity index (χ2n) is 7.80.